The van der Waals surface area contributed by atoms with Crippen molar-refractivity contribution in [2.24, 2.45) is 35.5 Å². The van der Waals surface area contributed by atoms with Crippen molar-refractivity contribution < 1.29 is 24.3 Å². The maximum Gasteiger partial charge on any atom is 0.262 e. The van der Waals surface area contributed by atoms with Gasteiger partial charge in [-0.05, 0) is 91.2 Å². The average molecular weight is 758 g/mol. The number of benzene rings is 2. The summed E-state index contributed by atoms with van der Waals surface area (Å²) in [6, 6.07) is 14.3. The number of phenolic OH excluding ortho intramolecular Hbond substituents is 1. The van der Waals surface area contributed by atoms with Crippen LogP contribution < -0.4 is 20.4 Å². The fourth-order valence-electron chi connectivity index (χ4n) is 11.6. The van der Waals surface area contributed by atoms with Gasteiger partial charge in [-0.1, -0.05) is 12.1 Å². The Labute approximate surface area is 325 Å². The molecule has 0 radical (unpaired) electrons. The normalized spacial score (nSPS) is 32.2. The lowest BCUT2D eigenvalue weighted by molar-refractivity contribution is -0.136. The Morgan fingerprint density at radius 3 is 2.30 bits per heavy atom. The third-order valence-corrected chi connectivity index (χ3v) is 14.5. The molecule has 0 spiro atoms. The maximum absolute atomic E-state index is 13.5. The van der Waals surface area contributed by atoms with Gasteiger partial charge in [0.25, 0.3) is 11.8 Å². The highest BCUT2D eigenvalue weighted by Gasteiger charge is 2.57. The van der Waals surface area contributed by atoms with Crippen LogP contribution in [0.2, 0.25) is 0 Å². The summed E-state index contributed by atoms with van der Waals surface area (Å²) in [6.07, 6.45) is 2.74. The SMILES string of the molecule is O=C1CCC(N2C(=O)c3ccc(N4CC5CCC(C4)C5CN4C[C@@H]5[C@H](C4)[C@H]5CN4CCN5c6cc(-c7ccccc7O)nnc6NC[C@H]5C4)cc3C2=O)C(=O)N1. The molecule has 6 fully saturated rings. The Morgan fingerprint density at radius 1 is 0.750 bits per heavy atom. The molecular weight excluding hydrogens is 711 g/mol. The van der Waals surface area contributed by atoms with E-state index in [4.69, 9.17) is 0 Å². The molecule has 11 rings (SSSR count). The predicted octanol–water partition coefficient (Wildman–Crippen LogP) is 2.51. The number of likely N-dealkylation sites (tertiary alicyclic amines) is 1. The van der Waals surface area contributed by atoms with E-state index in [0.717, 1.165) is 79.1 Å². The number of fused-ring (bicyclic) bond motifs is 7. The van der Waals surface area contributed by atoms with Crippen molar-refractivity contribution in [2.75, 3.05) is 80.6 Å². The Morgan fingerprint density at radius 2 is 1.52 bits per heavy atom. The van der Waals surface area contributed by atoms with Crippen molar-refractivity contribution in [1.82, 2.24) is 30.2 Å². The summed E-state index contributed by atoms with van der Waals surface area (Å²) in [5, 5.41) is 25.1. The first-order valence-electron chi connectivity index (χ1n) is 20.5. The van der Waals surface area contributed by atoms with Crippen LogP contribution in [0.3, 0.4) is 0 Å². The largest absolute Gasteiger partial charge is 0.507 e. The van der Waals surface area contributed by atoms with E-state index < -0.39 is 23.8 Å². The molecule has 4 amide bonds. The van der Waals surface area contributed by atoms with Gasteiger partial charge in [0, 0.05) is 83.1 Å². The molecule has 2 aromatic carbocycles. The molecule has 56 heavy (non-hydrogen) atoms. The minimum absolute atomic E-state index is 0.112. The van der Waals surface area contributed by atoms with Crippen LogP contribution in [0, 0.1) is 35.5 Å². The van der Waals surface area contributed by atoms with E-state index in [1.165, 1.54) is 39.0 Å². The minimum atomic E-state index is -0.950. The summed E-state index contributed by atoms with van der Waals surface area (Å²) in [6.45, 7) is 10.6. The van der Waals surface area contributed by atoms with Crippen LogP contribution in [0.25, 0.3) is 11.3 Å². The van der Waals surface area contributed by atoms with E-state index >= 15 is 0 Å². The van der Waals surface area contributed by atoms with Crippen LogP contribution in [0.4, 0.5) is 17.2 Å². The van der Waals surface area contributed by atoms with Crippen LogP contribution >= 0.6 is 0 Å². The van der Waals surface area contributed by atoms with Crippen molar-refractivity contribution in [2.45, 2.75) is 37.8 Å². The zero-order chi connectivity index (χ0) is 37.8. The Hall–Kier alpha value is -5.08. The topological polar surface area (TPSA) is 155 Å². The van der Waals surface area contributed by atoms with Gasteiger partial charge in [-0.2, -0.15) is 0 Å². The van der Waals surface area contributed by atoms with E-state index in [9.17, 15) is 24.3 Å². The molecule has 4 saturated heterocycles. The number of carbonyl (C=O) groups excluding carboxylic acids is 4. The lowest BCUT2D eigenvalue weighted by Gasteiger charge is -2.46. The molecule has 7 heterocycles. The Bertz CT molecular complexity index is 2140. The number of rotatable bonds is 7. The first-order chi connectivity index (χ1) is 27.3. The van der Waals surface area contributed by atoms with E-state index in [-0.39, 0.29) is 24.5 Å². The number of aromatic nitrogens is 2. The number of carbonyl (C=O) groups is 4. The third kappa shape index (κ3) is 5.58. The standard InChI is InChI=1S/C42H47N9O5/c52-37-4-2-1-3-28(37)34-14-36-39(46-45-34)43-15-26-18-47(11-12-50(26)36)20-31-32-21-48(22-33(31)32)19-30-23-5-6-24(30)17-49(16-23)25-7-8-27-29(13-25)42(56)51(41(27)55)35-9-10-38(53)44-40(35)54/h1-4,7-8,13-14,23-24,26,30-33,35,52H,5-6,9-12,15-22H2,(H,43,46)(H,44,53,54)/t23?,24?,26-,30?,31-,32-,33+,35?/m0/s1. The second-order valence-electron chi connectivity index (χ2n) is 17.5. The number of phenols is 1. The van der Waals surface area contributed by atoms with Crippen LogP contribution in [0.1, 0.15) is 46.4 Å². The molecule has 3 unspecified atom stereocenters. The number of amides is 4. The van der Waals surface area contributed by atoms with Crippen molar-refractivity contribution in [3.63, 3.8) is 0 Å². The molecule has 2 bridgehead atoms. The number of aromatic hydroxyl groups is 1. The summed E-state index contributed by atoms with van der Waals surface area (Å²) >= 11 is 0. The smallest absolute Gasteiger partial charge is 0.262 e. The van der Waals surface area contributed by atoms with E-state index in [0.29, 0.717) is 46.2 Å². The first-order valence-corrected chi connectivity index (χ1v) is 20.5. The van der Waals surface area contributed by atoms with Crippen molar-refractivity contribution in [1.29, 1.82) is 0 Å². The van der Waals surface area contributed by atoms with Gasteiger partial charge in [0.1, 0.15) is 11.8 Å². The van der Waals surface area contributed by atoms with Crippen LogP contribution in [0.15, 0.2) is 48.5 Å². The molecular formula is C42H47N9O5. The number of nitrogens with zero attached hydrogens (tertiary/aromatic N) is 7. The monoisotopic (exact) mass is 757 g/mol. The average Bonchev–Trinajstić information content (AvgIpc) is 3.38. The third-order valence-electron chi connectivity index (χ3n) is 14.5. The van der Waals surface area contributed by atoms with Gasteiger partial charge >= 0.3 is 0 Å². The number of hydrogen-bond acceptors (Lipinski definition) is 12. The van der Waals surface area contributed by atoms with E-state index in [1.54, 1.807) is 12.1 Å². The highest BCUT2D eigenvalue weighted by atomic mass is 16.3. The van der Waals surface area contributed by atoms with Gasteiger partial charge in [0.15, 0.2) is 5.82 Å². The highest BCUT2D eigenvalue weighted by molar-refractivity contribution is 6.23. The van der Waals surface area contributed by atoms with Gasteiger partial charge < -0.3 is 25.1 Å². The van der Waals surface area contributed by atoms with Gasteiger partial charge in [-0.3, -0.25) is 34.3 Å². The lowest BCUT2D eigenvalue weighted by atomic mass is 9.84. The number of imide groups is 2. The Balaban J connectivity index is 0.677. The number of piperazine rings is 1. The number of anilines is 3. The van der Waals surface area contributed by atoms with Crippen molar-refractivity contribution in [3.05, 3.63) is 59.7 Å². The molecule has 8 aliphatic rings. The quantitative estimate of drug-likeness (QED) is 0.304. The van der Waals surface area contributed by atoms with Crippen molar-refractivity contribution in [3.8, 4) is 17.0 Å². The number of hydrogen-bond donors (Lipinski definition) is 3. The fraction of sp³-hybridized carbons (Fsp3) is 0.524. The molecule has 1 aromatic heterocycles. The van der Waals surface area contributed by atoms with Gasteiger partial charge in [0.2, 0.25) is 11.8 Å². The molecule has 14 heteroatoms. The number of nitrogens with one attached hydrogen (secondary N) is 2. The second-order valence-corrected chi connectivity index (χ2v) is 17.5. The van der Waals surface area contributed by atoms with Crippen LogP contribution in [-0.2, 0) is 9.59 Å². The van der Waals surface area contributed by atoms with Crippen LogP contribution in [-0.4, -0.2) is 131 Å². The maximum atomic E-state index is 13.5. The molecule has 3 N–H and O–H groups in total. The summed E-state index contributed by atoms with van der Waals surface area (Å²) in [4.78, 5) is 62.3. The number of para-hydroxylation sites is 1. The molecule has 14 nitrogen and oxygen atoms in total. The molecule has 7 atom stereocenters. The first kappa shape index (κ1) is 34.2. The zero-order valence-electron chi connectivity index (χ0n) is 31.3. The molecule has 2 aliphatic carbocycles. The molecule has 6 aliphatic heterocycles. The lowest BCUT2D eigenvalue weighted by Crippen LogP contribution is -2.58. The molecule has 290 valence electrons. The second kappa shape index (κ2) is 13.0. The van der Waals surface area contributed by atoms with E-state index in [1.807, 2.05) is 30.3 Å². The summed E-state index contributed by atoms with van der Waals surface area (Å²) < 4.78 is 0. The van der Waals surface area contributed by atoms with Crippen LogP contribution in [0.5, 0.6) is 5.75 Å². The summed E-state index contributed by atoms with van der Waals surface area (Å²) in [7, 11) is 0. The van der Waals surface area contributed by atoms with E-state index in [2.05, 4.69) is 46.5 Å². The van der Waals surface area contributed by atoms with Gasteiger partial charge in [-0.25, -0.2) is 0 Å². The number of piperidine rings is 3. The molecule has 3 aromatic rings. The Kier molecular flexibility index (Phi) is 7.93. The molecule has 2 saturated carbocycles. The van der Waals surface area contributed by atoms with Gasteiger partial charge in [0.05, 0.1) is 28.6 Å². The summed E-state index contributed by atoms with van der Waals surface area (Å²) in [5.41, 5.74) is 4.13. The van der Waals surface area contributed by atoms with Crippen molar-refractivity contribution >= 4 is 40.8 Å². The van der Waals surface area contributed by atoms with Gasteiger partial charge in [-0.15, -0.1) is 10.2 Å². The zero-order valence-corrected chi connectivity index (χ0v) is 31.3. The summed E-state index contributed by atoms with van der Waals surface area (Å²) in [5.74, 6) is 3.49. The highest BCUT2D eigenvalue weighted by Crippen LogP contribution is 2.53. The predicted molar refractivity (Wildman–Crippen MR) is 207 cm³/mol. The minimum Gasteiger partial charge on any atom is -0.507 e. The fourth-order valence-corrected chi connectivity index (χ4v) is 11.6.